The molecule has 0 atom stereocenters. The zero-order valence-electron chi connectivity index (χ0n) is 18.7. The number of methoxy groups -OCH3 is 1. The molecule has 0 unspecified atom stereocenters. The molecule has 3 heterocycles. The molecule has 0 spiro atoms. The summed E-state index contributed by atoms with van der Waals surface area (Å²) < 4.78 is 13.1. The molecule has 32 heavy (non-hydrogen) atoms. The summed E-state index contributed by atoms with van der Waals surface area (Å²) in [5.41, 5.74) is 3.89. The summed E-state index contributed by atoms with van der Waals surface area (Å²) in [6.07, 6.45) is 8.54. The van der Waals surface area contributed by atoms with Crippen molar-refractivity contribution in [1.82, 2.24) is 14.5 Å². The molecule has 1 aromatic carbocycles. The highest BCUT2D eigenvalue weighted by molar-refractivity contribution is 6.05. The molecule has 2 fully saturated rings. The predicted molar refractivity (Wildman–Crippen MR) is 124 cm³/mol. The number of carbonyl (C=O) groups is 1. The Hall–Kier alpha value is -2.86. The van der Waals surface area contributed by atoms with Crippen molar-refractivity contribution in [1.29, 1.82) is 0 Å². The molecule has 3 aromatic rings. The molecule has 6 nitrogen and oxygen atoms in total. The lowest BCUT2D eigenvalue weighted by molar-refractivity contribution is 0.0304. The van der Waals surface area contributed by atoms with Crippen LogP contribution >= 0.6 is 0 Å². The minimum atomic E-state index is 0.0440. The van der Waals surface area contributed by atoms with Crippen LogP contribution in [0.4, 0.5) is 0 Å². The number of amides is 1. The van der Waals surface area contributed by atoms with Crippen molar-refractivity contribution in [2.24, 2.45) is 5.92 Å². The number of hydrogen-bond acceptors (Lipinski definition) is 4. The van der Waals surface area contributed by atoms with E-state index in [0.717, 1.165) is 23.3 Å². The van der Waals surface area contributed by atoms with E-state index in [1.54, 1.807) is 13.3 Å². The van der Waals surface area contributed by atoms with E-state index >= 15 is 0 Å². The Morgan fingerprint density at radius 3 is 2.59 bits per heavy atom. The fraction of sp³-hybridized carbons (Fsp3) is 0.462. The lowest BCUT2D eigenvalue weighted by Crippen LogP contribution is -2.40. The maximum atomic E-state index is 13.3. The number of benzene rings is 1. The maximum absolute atomic E-state index is 13.3. The second-order valence-corrected chi connectivity index (χ2v) is 8.97. The average Bonchev–Trinajstić information content (AvgIpc) is 3.22. The number of morpholine rings is 1. The van der Waals surface area contributed by atoms with Crippen molar-refractivity contribution in [3.8, 4) is 5.75 Å². The van der Waals surface area contributed by atoms with Gasteiger partial charge in [0.25, 0.3) is 5.91 Å². The van der Waals surface area contributed by atoms with E-state index in [2.05, 4.69) is 39.9 Å². The van der Waals surface area contributed by atoms with E-state index in [1.807, 2.05) is 17.2 Å². The summed E-state index contributed by atoms with van der Waals surface area (Å²) in [6.45, 7) is 3.35. The van der Waals surface area contributed by atoms with Gasteiger partial charge >= 0.3 is 0 Å². The Bertz CT molecular complexity index is 1060. The smallest absolute Gasteiger partial charge is 0.257 e. The van der Waals surface area contributed by atoms with E-state index in [4.69, 9.17) is 9.47 Å². The standard InChI is InChI=1S/C26H31N3O3/c1-31-22-15-24-25(27-16-22)23(26(30)28-11-13-32-14-12-28)18-29(24)17-19-7-9-21(10-8-19)20-5-3-2-4-6-20/h2-6,15-16,18-19,21H,7-14,17H2,1H3. The van der Waals surface area contributed by atoms with Crippen LogP contribution in [0.25, 0.3) is 11.0 Å². The van der Waals surface area contributed by atoms with Gasteiger partial charge in [-0.2, -0.15) is 0 Å². The molecule has 6 heteroatoms. The largest absolute Gasteiger partial charge is 0.495 e. The highest BCUT2D eigenvalue weighted by Gasteiger charge is 2.26. The van der Waals surface area contributed by atoms with Gasteiger partial charge in [0, 0.05) is 31.9 Å². The fourth-order valence-electron chi connectivity index (χ4n) is 5.19. The Morgan fingerprint density at radius 1 is 1.12 bits per heavy atom. The van der Waals surface area contributed by atoms with Crippen LogP contribution in [0.15, 0.2) is 48.8 Å². The van der Waals surface area contributed by atoms with Gasteiger partial charge in [0.2, 0.25) is 0 Å². The number of aromatic nitrogens is 2. The number of carbonyl (C=O) groups excluding carboxylic acids is 1. The van der Waals surface area contributed by atoms with Crippen LogP contribution in [0, 0.1) is 5.92 Å². The number of hydrogen-bond donors (Lipinski definition) is 0. The molecule has 1 aliphatic carbocycles. The van der Waals surface area contributed by atoms with Crippen LogP contribution in [-0.4, -0.2) is 53.8 Å². The molecule has 1 amide bonds. The number of nitrogens with zero attached hydrogens (tertiary/aromatic N) is 3. The molecule has 1 saturated heterocycles. The summed E-state index contributed by atoms with van der Waals surface area (Å²) in [7, 11) is 1.65. The van der Waals surface area contributed by atoms with Crippen LogP contribution < -0.4 is 4.74 Å². The van der Waals surface area contributed by atoms with Crippen molar-refractivity contribution >= 4 is 16.9 Å². The highest BCUT2D eigenvalue weighted by Crippen LogP contribution is 2.37. The van der Waals surface area contributed by atoms with Crippen molar-refractivity contribution in [2.75, 3.05) is 33.4 Å². The summed E-state index contributed by atoms with van der Waals surface area (Å²) in [5.74, 6) is 2.02. The number of fused-ring (bicyclic) bond motifs is 1. The number of pyridine rings is 1. The monoisotopic (exact) mass is 433 g/mol. The van der Waals surface area contributed by atoms with Gasteiger partial charge in [0.05, 0.1) is 37.6 Å². The zero-order valence-corrected chi connectivity index (χ0v) is 18.7. The van der Waals surface area contributed by atoms with Gasteiger partial charge < -0.3 is 18.9 Å². The van der Waals surface area contributed by atoms with Crippen LogP contribution in [0.2, 0.25) is 0 Å². The van der Waals surface area contributed by atoms with Crippen molar-refractivity contribution in [2.45, 2.75) is 38.1 Å². The van der Waals surface area contributed by atoms with Gasteiger partial charge in [-0.25, -0.2) is 4.98 Å². The Kier molecular flexibility index (Phi) is 6.12. The summed E-state index contributed by atoms with van der Waals surface area (Å²) >= 11 is 0. The van der Waals surface area contributed by atoms with Gasteiger partial charge in [0.1, 0.15) is 11.3 Å². The Balaban J connectivity index is 1.37. The summed E-state index contributed by atoms with van der Waals surface area (Å²) in [6, 6.07) is 12.9. The van der Waals surface area contributed by atoms with E-state index in [1.165, 1.54) is 31.2 Å². The Labute approximate surface area is 189 Å². The first-order chi connectivity index (χ1) is 15.7. The molecular weight excluding hydrogens is 402 g/mol. The van der Waals surface area contributed by atoms with Gasteiger partial charge in [-0.05, 0) is 43.1 Å². The third kappa shape index (κ3) is 4.24. The Morgan fingerprint density at radius 2 is 1.88 bits per heavy atom. The number of rotatable bonds is 5. The molecule has 0 radical (unpaired) electrons. The molecule has 0 bridgehead atoms. The van der Waals surface area contributed by atoms with E-state index in [0.29, 0.717) is 43.7 Å². The van der Waals surface area contributed by atoms with Gasteiger partial charge in [-0.3, -0.25) is 4.79 Å². The first-order valence-electron chi connectivity index (χ1n) is 11.7. The summed E-state index contributed by atoms with van der Waals surface area (Å²) in [4.78, 5) is 19.7. The predicted octanol–water partition coefficient (Wildman–Crippen LogP) is 4.49. The molecule has 0 N–H and O–H groups in total. The molecule has 2 aliphatic rings. The van der Waals surface area contributed by atoms with Crippen molar-refractivity contribution < 1.29 is 14.3 Å². The van der Waals surface area contributed by atoms with E-state index in [-0.39, 0.29) is 5.91 Å². The minimum Gasteiger partial charge on any atom is -0.495 e. The second-order valence-electron chi connectivity index (χ2n) is 8.97. The average molecular weight is 434 g/mol. The lowest BCUT2D eigenvalue weighted by Gasteiger charge is -2.29. The fourth-order valence-corrected chi connectivity index (χ4v) is 5.19. The van der Waals surface area contributed by atoms with Crippen LogP contribution in [0.1, 0.15) is 47.5 Å². The third-order valence-corrected chi connectivity index (χ3v) is 7.03. The molecule has 1 aliphatic heterocycles. The topological polar surface area (TPSA) is 56.6 Å². The summed E-state index contributed by atoms with van der Waals surface area (Å²) in [5, 5.41) is 0. The SMILES string of the molecule is COc1cnc2c(C(=O)N3CCOCC3)cn(CC3CCC(c4ccccc4)CC3)c2c1. The molecule has 1 saturated carbocycles. The van der Waals surface area contributed by atoms with E-state index < -0.39 is 0 Å². The van der Waals surface area contributed by atoms with Gasteiger partial charge in [-0.1, -0.05) is 30.3 Å². The quantitative estimate of drug-likeness (QED) is 0.595. The first kappa shape index (κ1) is 21.0. The van der Waals surface area contributed by atoms with Gasteiger partial charge in [0.15, 0.2) is 0 Å². The normalized spacial score (nSPS) is 21.6. The third-order valence-electron chi connectivity index (χ3n) is 7.03. The molecule has 168 valence electrons. The lowest BCUT2D eigenvalue weighted by atomic mass is 9.78. The van der Waals surface area contributed by atoms with Gasteiger partial charge in [-0.15, -0.1) is 0 Å². The van der Waals surface area contributed by atoms with Crippen LogP contribution in [0.5, 0.6) is 5.75 Å². The van der Waals surface area contributed by atoms with E-state index in [9.17, 15) is 4.79 Å². The second kappa shape index (κ2) is 9.33. The highest BCUT2D eigenvalue weighted by atomic mass is 16.5. The van der Waals surface area contributed by atoms with Crippen molar-refractivity contribution in [3.63, 3.8) is 0 Å². The minimum absolute atomic E-state index is 0.0440. The molecule has 2 aromatic heterocycles. The molecule has 5 rings (SSSR count). The van der Waals surface area contributed by atoms with Crippen LogP contribution in [0.3, 0.4) is 0 Å². The maximum Gasteiger partial charge on any atom is 0.257 e. The van der Waals surface area contributed by atoms with Crippen LogP contribution in [-0.2, 0) is 11.3 Å². The zero-order chi connectivity index (χ0) is 21.9. The van der Waals surface area contributed by atoms with Crippen molar-refractivity contribution in [3.05, 3.63) is 59.9 Å². The molecular formula is C26H31N3O3. The first-order valence-corrected chi connectivity index (χ1v) is 11.7. The number of ether oxygens (including phenoxy) is 2.